The highest BCUT2D eigenvalue weighted by molar-refractivity contribution is 14.0. The highest BCUT2D eigenvalue weighted by Gasteiger charge is 2.30. The highest BCUT2D eigenvalue weighted by atomic mass is 127. The molecule has 0 saturated carbocycles. The van der Waals surface area contributed by atoms with E-state index in [0.29, 0.717) is 30.4 Å². The van der Waals surface area contributed by atoms with Gasteiger partial charge in [-0.25, -0.2) is 0 Å². The van der Waals surface area contributed by atoms with Crippen molar-refractivity contribution in [3.05, 3.63) is 65.2 Å². The fourth-order valence-electron chi connectivity index (χ4n) is 3.22. The Morgan fingerprint density at radius 1 is 1.09 bits per heavy atom. The summed E-state index contributed by atoms with van der Waals surface area (Å²) in [5.74, 6) is 0.298. The number of hydrogen-bond donors (Lipinski definition) is 3. The second-order valence-corrected chi connectivity index (χ2v) is 7.17. The molecule has 174 valence electrons. The number of anilines is 1. The Balaban J connectivity index is 0.00000363. The van der Waals surface area contributed by atoms with Crippen LogP contribution in [0.25, 0.3) is 0 Å². The van der Waals surface area contributed by atoms with Crippen LogP contribution in [-0.2, 0) is 28.8 Å². The number of carbonyl (C=O) groups excluding carboxylic acids is 1. The van der Waals surface area contributed by atoms with E-state index < -0.39 is 17.8 Å². The van der Waals surface area contributed by atoms with Gasteiger partial charge < -0.3 is 20.7 Å². The third-order valence-corrected chi connectivity index (χ3v) is 4.81. The molecule has 1 fully saturated rings. The summed E-state index contributed by atoms with van der Waals surface area (Å²) in [5.41, 5.74) is 1.40. The van der Waals surface area contributed by atoms with Crippen molar-refractivity contribution in [1.29, 1.82) is 0 Å². The lowest BCUT2D eigenvalue weighted by Gasteiger charge is -2.14. The van der Waals surface area contributed by atoms with Crippen molar-refractivity contribution in [2.75, 3.05) is 19.0 Å². The Morgan fingerprint density at radius 3 is 2.34 bits per heavy atom. The Morgan fingerprint density at radius 2 is 1.75 bits per heavy atom. The van der Waals surface area contributed by atoms with E-state index in [1.165, 1.54) is 6.07 Å². The molecule has 6 nitrogen and oxygen atoms in total. The van der Waals surface area contributed by atoms with E-state index in [1.54, 1.807) is 19.2 Å². The summed E-state index contributed by atoms with van der Waals surface area (Å²) in [4.78, 5) is 16.3. The Hall–Kier alpha value is -2.34. The predicted octanol–water partition coefficient (Wildman–Crippen LogP) is 4.31. The number of amides is 1. The first-order chi connectivity index (χ1) is 14.8. The Labute approximate surface area is 202 Å². The van der Waals surface area contributed by atoms with Gasteiger partial charge in [0.2, 0.25) is 0 Å². The van der Waals surface area contributed by atoms with Crippen LogP contribution < -0.4 is 16.0 Å². The van der Waals surface area contributed by atoms with Gasteiger partial charge in [-0.3, -0.25) is 9.79 Å². The van der Waals surface area contributed by atoms with Crippen molar-refractivity contribution in [2.24, 2.45) is 4.99 Å². The highest BCUT2D eigenvalue weighted by Crippen LogP contribution is 2.29. The zero-order valence-electron chi connectivity index (χ0n) is 17.5. The molecule has 1 atom stereocenters. The van der Waals surface area contributed by atoms with Gasteiger partial charge in [-0.1, -0.05) is 24.3 Å². The molecule has 1 aliphatic rings. The number of guanidine groups is 1. The van der Waals surface area contributed by atoms with Gasteiger partial charge in [0.05, 0.1) is 5.56 Å². The second-order valence-electron chi connectivity index (χ2n) is 7.17. The summed E-state index contributed by atoms with van der Waals surface area (Å²) in [6.07, 6.45) is -3.17. The molecule has 1 amide bonds. The molecule has 2 aromatic carbocycles. The van der Waals surface area contributed by atoms with Crippen molar-refractivity contribution in [3.63, 3.8) is 0 Å². The molecule has 10 heteroatoms. The lowest BCUT2D eigenvalue weighted by molar-refractivity contribution is -0.137. The van der Waals surface area contributed by atoms with Crippen molar-refractivity contribution in [1.82, 2.24) is 10.6 Å². The third-order valence-electron chi connectivity index (χ3n) is 4.81. The lowest BCUT2D eigenvalue weighted by Crippen LogP contribution is -2.36. The average molecular weight is 562 g/mol. The maximum absolute atomic E-state index is 12.9. The van der Waals surface area contributed by atoms with Crippen LogP contribution in [0.2, 0.25) is 0 Å². The van der Waals surface area contributed by atoms with Crippen LogP contribution in [0.3, 0.4) is 0 Å². The van der Waals surface area contributed by atoms with E-state index in [0.717, 1.165) is 30.5 Å². The van der Waals surface area contributed by atoms with Gasteiger partial charge in [0.1, 0.15) is 6.10 Å². The average Bonchev–Trinajstić information content (AvgIpc) is 3.29. The SMILES string of the molecule is CN=C(NCc1cccc(NC(=O)C2CCCO2)c1)NCc1cccc(C(F)(F)F)c1.I. The van der Waals surface area contributed by atoms with Crippen molar-refractivity contribution in [2.45, 2.75) is 38.2 Å². The van der Waals surface area contributed by atoms with E-state index in [4.69, 9.17) is 4.74 Å². The van der Waals surface area contributed by atoms with Gasteiger partial charge in [-0.15, -0.1) is 24.0 Å². The zero-order chi connectivity index (χ0) is 22.3. The molecule has 0 spiro atoms. The fourth-order valence-corrected chi connectivity index (χ4v) is 3.22. The minimum atomic E-state index is -4.37. The first-order valence-corrected chi connectivity index (χ1v) is 9.97. The summed E-state index contributed by atoms with van der Waals surface area (Å²) in [5, 5.41) is 8.98. The van der Waals surface area contributed by atoms with Crippen LogP contribution in [-0.4, -0.2) is 31.6 Å². The quantitative estimate of drug-likeness (QED) is 0.279. The molecule has 1 saturated heterocycles. The number of nitrogens with one attached hydrogen (secondary N) is 3. The van der Waals surface area contributed by atoms with Crippen molar-refractivity contribution < 1.29 is 22.7 Å². The Kier molecular flexibility index (Phi) is 9.76. The maximum atomic E-state index is 12.9. The molecule has 0 bridgehead atoms. The smallest absolute Gasteiger partial charge is 0.368 e. The molecule has 3 rings (SSSR count). The van der Waals surface area contributed by atoms with Crippen molar-refractivity contribution >= 4 is 41.5 Å². The van der Waals surface area contributed by atoms with E-state index in [2.05, 4.69) is 20.9 Å². The number of carbonyl (C=O) groups is 1. The van der Waals surface area contributed by atoms with E-state index in [9.17, 15) is 18.0 Å². The number of nitrogens with zero attached hydrogens (tertiary/aromatic N) is 1. The fraction of sp³-hybridized carbons (Fsp3) is 0.364. The maximum Gasteiger partial charge on any atom is 0.416 e. The second kappa shape index (κ2) is 12.0. The van der Waals surface area contributed by atoms with Crippen LogP contribution in [0.4, 0.5) is 18.9 Å². The molecule has 0 aliphatic carbocycles. The summed E-state index contributed by atoms with van der Waals surface area (Å²) in [6, 6.07) is 12.5. The van der Waals surface area contributed by atoms with Crippen LogP contribution >= 0.6 is 24.0 Å². The molecule has 2 aromatic rings. The minimum absolute atomic E-state index is 0. The first kappa shape index (κ1) is 25.9. The number of rotatable bonds is 6. The summed E-state index contributed by atoms with van der Waals surface area (Å²) in [7, 11) is 1.58. The number of alkyl halides is 3. The molecule has 32 heavy (non-hydrogen) atoms. The number of hydrogen-bond acceptors (Lipinski definition) is 3. The number of aliphatic imine (C=N–C) groups is 1. The lowest BCUT2D eigenvalue weighted by atomic mass is 10.1. The number of ether oxygens (including phenoxy) is 1. The molecule has 0 aromatic heterocycles. The summed E-state index contributed by atoms with van der Waals surface area (Å²) >= 11 is 0. The van der Waals surface area contributed by atoms with Gasteiger partial charge in [0.25, 0.3) is 5.91 Å². The van der Waals surface area contributed by atoms with Gasteiger partial charge in [0.15, 0.2) is 5.96 Å². The monoisotopic (exact) mass is 562 g/mol. The normalized spacial score (nSPS) is 16.2. The van der Waals surface area contributed by atoms with E-state index >= 15 is 0 Å². The van der Waals surface area contributed by atoms with Crippen LogP contribution in [0, 0.1) is 0 Å². The van der Waals surface area contributed by atoms with Crippen molar-refractivity contribution in [3.8, 4) is 0 Å². The van der Waals surface area contributed by atoms with Gasteiger partial charge in [-0.05, 0) is 48.2 Å². The molecule has 1 heterocycles. The predicted molar refractivity (Wildman–Crippen MR) is 128 cm³/mol. The molecule has 0 radical (unpaired) electrons. The first-order valence-electron chi connectivity index (χ1n) is 9.97. The third kappa shape index (κ3) is 7.66. The van der Waals surface area contributed by atoms with E-state index in [-0.39, 0.29) is 36.4 Å². The van der Waals surface area contributed by atoms with E-state index in [1.807, 2.05) is 18.2 Å². The van der Waals surface area contributed by atoms with Crippen LogP contribution in [0.15, 0.2) is 53.5 Å². The molecular formula is C22H26F3IN4O2. The Bertz CT molecular complexity index is 931. The number of halogens is 4. The topological polar surface area (TPSA) is 74.8 Å². The number of benzene rings is 2. The molecule has 1 aliphatic heterocycles. The van der Waals surface area contributed by atoms with Gasteiger partial charge in [-0.2, -0.15) is 13.2 Å². The van der Waals surface area contributed by atoms with Crippen LogP contribution in [0.1, 0.15) is 29.5 Å². The largest absolute Gasteiger partial charge is 0.416 e. The van der Waals surface area contributed by atoms with Gasteiger partial charge in [0, 0.05) is 32.4 Å². The van der Waals surface area contributed by atoms with Crippen LogP contribution in [0.5, 0.6) is 0 Å². The molecular weight excluding hydrogens is 536 g/mol. The summed E-state index contributed by atoms with van der Waals surface area (Å²) < 4.78 is 43.9. The minimum Gasteiger partial charge on any atom is -0.368 e. The zero-order valence-corrected chi connectivity index (χ0v) is 19.9. The van der Waals surface area contributed by atoms with Gasteiger partial charge >= 0.3 is 6.18 Å². The standard InChI is InChI=1S/C22H25F3N4O2.HI/c1-26-21(27-13-15-5-2-7-17(11-15)22(23,24)25)28-14-16-6-3-8-18(12-16)29-20(30)19-9-4-10-31-19;/h2-3,5-8,11-12,19H,4,9-10,13-14H2,1H3,(H,29,30)(H2,26,27,28);1H. The molecule has 1 unspecified atom stereocenters. The summed E-state index contributed by atoms with van der Waals surface area (Å²) in [6.45, 7) is 1.22. The molecule has 3 N–H and O–H groups in total.